The predicted molar refractivity (Wildman–Crippen MR) is 81.5 cm³/mol. The number of aromatic amines is 1. The molecular weight excluding hydrogens is 246 g/mol. The predicted octanol–water partition coefficient (Wildman–Crippen LogP) is 4.13. The zero-order valence-electron chi connectivity index (χ0n) is 11.1. The van der Waals surface area contributed by atoms with Crippen molar-refractivity contribution in [3.05, 3.63) is 77.5 Å². The Morgan fingerprint density at radius 2 is 1.70 bits per heavy atom. The smallest absolute Gasteiger partial charge is 0.0876 e. The summed E-state index contributed by atoms with van der Waals surface area (Å²) < 4.78 is 5.69. The van der Waals surface area contributed by atoms with Crippen LogP contribution in [0.15, 0.2) is 60.7 Å². The number of fused-ring (bicyclic) bond motifs is 3. The molecule has 0 atom stereocenters. The maximum atomic E-state index is 5.69. The second kappa shape index (κ2) is 4.66. The minimum absolute atomic E-state index is 0.636. The summed E-state index contributed by atoms with van der Waals surface area (Å²) in [5.41, 5.74) is 6.12. The fourth-order valence-corrected chi connectivity index (χ4v) is 2.90. The highest BCUT2D eigenvalue weighted by molar-refractivity contribution is 5.98. The fraction of sp³-hybridized carbons (Fsp3) is 0.111. The Morgan fingerprint density at radius 1 is 0.900 bits per heavy atom. The van der Waals surface area contributed by atoms with Gasteiger partial charge in [-0.05, 0) is 17.2 Å². The lowest BCUT2D eigenvalue weighted by Crippen LogP contribution is -1.92. The molecule has 1 aliphatic heterocycles. The minimum Gasteiger partial charge on any atom is -0.371 e. The normalized spacial score (nSPS) is 14.7. The van der Waals surface area contributed by atoms with Crippen LogP contribution < -0.4 is 0 Å². The van der Waals surface area contributed by atoms with Crippen LogP contribution >= 0.6 is 0 Å². The average Bonchev–Trinajstić information content (AvgIpc) is 2.74. The number of nitrogens with one attached hydrogen (secondary N) is 1. The van der Waals surface area contributed by atoms with Crippen molar-refractivity contribution in [1.82, 2.24) is 4.98 Å². The van der Waals surface area contributed by atoms with E-state index in [9.17, 15) is 0 Å². The molecule has 98 valence electrons. The molecule has 0 saturated carbocycles. The van der Waals surface area contributed by atoms with Gasteiger partial charge in [-0.25, -0.2) is 0 Å². The summed E-state index contributed by atoms with van der Waals surface area (Å²) in [4.78, 5) is 3.49. The van der Waals surface area contributed by atoms with Crippen LogP contribution in [0.4, 0.5) is 0 Å². The van der Waals surface area contributed by atoms with E-state index >= 15 is 0 Å². The van der Waals surface area contributed by atoms with Gasteiger partial charge in [0.1, 0.15) is 0 Å². The highest BCUT2D eigenvalue weighted by Gasteiger charge is 2.18. The van der Waals surface area contributed by atoms with Crippen molar-refractivity contribution in [1.29, 1.82) is 0 Å². The second-order valence-corrected chi connectivity index (χ2v) is 5.02. The van der Waals surface area contributed by atoms with Gasteiger partial charge < -0.3 is 9.72 Å². The summed E-state index contributed by atoms with van der Waals surface area (Å²) in [6.07, 6.45) is 2.18. The Morgan fingerprint density at radius 3 is 2.60 bits per heavy atom. The molecular formula is C18H15NO. The average molecular weight is 261 g/mol. The molecule has 0 spiro atoms. The molecule has 0 amide bonds. The van der Waals surface area contributed by atoms with Crippen LogP contribution in [0.25, 0.3) is 16.5 Å². The highest BCUT2D eigenvalue weighted by atomic mass is 16.5. The van der Waals surface area contributed by atoms with E-state index in [0.29, 0.717) is 13.2 Å². The van der Waals surface area contributed by atoms with E-state index in [4.69, 9.17) is 4.74 Å². The molecule has 0 saturated heterocycles. The van der Waals surface area contributed by atoms with Gasteiger partial charge in [0.15, 0.2) is 0 Å². The molecule has 2 nitrogen and oxygen atoms in total. The minimum atomic E-state index is 0.636. The van der Waals surface area contributed by atoms with Gasteiger partial charge in [-0.3, -0.25) is 0 Å². The summed E-state index contributed by atoms with van der Waals surface area (Å²) >= 11 is 0. The number of hydrogen-bond donors (Lipinski definition) is 1. The second-order valence-electron chi connectivity index (χ2n) is 5.02. The van der Waals surface area contributed by atoms with Crippen molar-refractivity contribution in [3.8, 4) is 0 Å². The monoisotopic (exact) mass is 261 g/mol. The molecule has 1 N–H and O–H groups in total. The number of hydrogen-bond acceptors (Lipinski definition) is 1. The number of para-hydroxylation sites is 1. The van der Waals surface area contributed by atoms with Crippen molar-refractivity contribution in [3.63, 3.8) is 0 Å². The Balaban J connectivity index is 2.01. The summed E-state index contributed by atoms with van der Waals surface area (Å²) in [6, 6.07) is 19.0. The summed E-state index contributed by atoms with van der Waals surface area (Å²) in [6.45, 7) is 1.29. The van der Waals surface area contributed by atoms with Crippen LogP contribution in [-0.4, -0.2) is 11.6 Å². The van der Waals surface area contributed by atoms with Gasteiger partial charge in [0.2, 0.25) is 0 Å². The Bertz CT molecular complexity index is 784. The highest BCUT2D eigenvalue weighted by Crippen LogP contribution is 2.34. The molecule has 2 heterocycles. The van der Waals surface area contributed by atoms with Crippen LogP contribution in [0, 0.1) is 0 Å². The van der Waals surface area contributed by atoms with Gasteiger partial charge in [-0.2, -0.15) is 0 Å². The first-order chi connectivity index (χ1) is 9.93. The fourth-order valence-electron chi connectivity index (χ4n) is 2.90. The molecule has 4 rings (SSSR count). The van der Waals surface area contributed by atoms with Gasteiger partial charge in [0.05, 0.1) is 13.2 Å². The SMILES string of the molecule is C1=C(c2ccccc2)c2c([nH]c3ccccc23)COC1. The molecule has 3 aromatic rings. The van der Waals surface area contributed by atoms with Crippen molar-refractivity contribution in [2.75, 3.05) is 6.61 Å². The third-order valence-corrected chi connectivity index (χ3v) is 3.79. The molecule has 0 unspecified atom stereocenters. The number of H-pyrrole nitrogens is 1. The first-order valence-corrected chi connectivity index (χ1v) is 6.87. The Hall–Kier alpha value is -2.32. The molecule has 20 heavy (non-hydrogen) atoms. The van der Waals surface area contributed by atoms with Gasteiger partial charge >= 0.3 is 0 Å². The van der Waals surface area contributed by atoms with Gasteiger partial charge in [0.25, 0.3) is 0 Å². The molecule has 0 radical (unpaired) electrons. The van der Waals surface area contributed by atoms with Crippen molar-refractivity contribution in [2.24, 2.45) is 0 Å². The molecule has 1 aliphatic rings. The quantitative estimate of drug-likeness (QED) is 0.700. The zero-order chi connectivity index (χ0) is 13.4. The Kier molecular flexibility index (Phi) is 2.68. The van der Waals surface area contributed by atoms with Crippen LogP contribution in [0.5, 0.6) is 0 Å². The number of rotatable bonds is 1. The lowest BCUT2D eigenvalue weighted by atomic mass is 9.95. The van der Waals surface area contributed by atoms with Gasteiger partial charge in [-0.1, -0.05) is 54.6 Å². The van der Waals surface area contributed by atoms with E-state index < -0.39 is 0 Å². The van der Waals surface area contributed by atoms with E-state index in [-0.39, 0.29) is 0 Å². The maximum Gasteiger partial charge on any atom is 0.0876 e. The topological polar surface area (TPSA) is 25.0 Å². The third kappa shape index (κ3) is 1.77. The lowest BCUT2D eigenvalue weighted by Gasteiger charge is -2.07. The Labute approximate surface area is 117 Å². The third-order valence-electron chi connectivity index (χ3n) is 3.79. The molecule has 0 aliphatic carbocycles. The van der Waals surface area contributed by atoms with Crippen LogP contribution in [0.1, 0.15) is 16.8 Å². The summed E-state index contributed by atoms with van der Waals surface area (Å²) in [7, 11) is 0. The van der Waals surface area contributed by atoms with Crippen molar-refractivity contribution < 1.29 is 4.74 Å². The molecule has 0 bridgehead atoms. The van der Waals surface area contributed by atoms with Crippen molar-refractivity contribution >= 4 is 16.5 Å². The number of ether oxygens (including phenoxy) is 1. The number of benzene rings is 2. The lowest BCUT2D eigenvalue weighted by molar-refractivity contribution is 0.148. The summed E-state index contributed by atoms with van der Waals surface area (Å²) in [5.74, 6) is 0. The first-order valence-electron chi connectivity index (χ1n) is 6.87. The van der Waals surface area contributed by atoms with E-state index in [0.717, 1.165) is 0 Å². The van der Waals surface area contributed by atoms with Crippen LogP contribution in [0.3, 0.4) is 0 Å². The molecule has 0 fully saturated rings. The largest absolute Gasteiger partial charge is 0.371 e. The summed E-state index contributed by atoms with van der Waals surface area (Å²) in [5, 5.41) is 1.27. The van der Waals surface area contributed by atoms with E-state index in [1.807, 2.05) is 6.07 Å². The van der Waals surface area contributed by atoms with Crippen LogP contribution in [0.2, 0.25) is 0 Å². The zero-order valence-corrected chi connectivity index (χ0v) is 11.1. The molecule has 2 aromatic carbocycles. The van der Waals surface area contributed by atoms with E-state index in [2.05, 4.69) is 59.6 Å². The van der Waals surface area contributed by atoms with Gasteiger partial charge in [0, 0.05) is 22.2 Å². The first kappa shape index (κ1) is 11.5. The van der Waals surface area contributed by atoms with Gasteiger partial charge in [-0.15, -0.1) is 0 Å². The van der Waals surface area contributed by atoms with E-state index in [1.54, 1.807) is 0 Å². The molecule has 2 heteroatoms. The standard InChI is InChI=1S/C18H15NO/c1-2-6-13(7-3-1)14-10-11-20-12-17-18(14)15-8-4-5-9-16(15)19-17/h1-10,19H,11-12H2. The van der Waals surface area contributed by atoms with E-state index in [1.165, 1.54) is 33.3 Å². The molecule has 1 aromatic heterocycles. The van der Waals surface area contributed by atoms with Crippen LogP contribution in [-0.2, 0) is 11.3 Å². The van der Waals surface area contributed by atoms with Crippen molar-refractivity contribution in [2.45, 2.75) is 6.61 Å². The number of aromatic nitrogens is 1. The maximum absolute atomic E-state index is 5.69.